The van der Waals surface area contributed by atoms with E-state index < -0.39 is 0 Å². The highest BCUT2D eigenvalue weighted by atomic mass is 16.5. The molecule has 0 spiro atoms. The largest absolute Gasteiger partial charge is 0.316 e. The minimum absolute atomic E-state index is 0.384. The van der Waals surface area contributed by atoms with Crippen molar-refractivity contribution in [2.45, 2.75) is 32.2 Å². The van der Waals surface area contributed by atoms with Gasteiger partial charge in [-0.3, -0.25) is 0 Å². The SMILES string of the molecule is CCCC[C@@H](C#N)NO. The molecule has 9 heavy (non-hydrogen) atoms. The van der Waals surface area contributed by atoms with Crippen LogP contribution in [0.25, 0.3) is 0 Å². The highest BCUT2D eigenvalue weighted by Crippen LogP contribution is 1.97. The fraction of sp³-hybridized carbons (Fsp3) is 0.833. The minimum atomic E-state index is -0.384. The lowest BCUT2D eigenvalue weighted by molar-refractivity contribution is 0.141. The lowest BCUT2D eigenvalue weighted by atomic mass is 10.1. The van der Waals surface area contributed by atoms with Crippen molar-refractivity contribution >= 4 is 0 Å². The van der Waals surface area contributed by atoms with Gasteiger partial charge in [0.05, 0.1) is 6.07 Å². The molecule has 0 amide bonds. The van der Waals surface area contributed by atoms with Crippen molar-refractivity contribution in [1.29, 1.82) is 5.26 Å². The van der Waals surface area contributed by atoms with Crippen LogP contribution in [0.5, 0.6) is 0 Å². The van der Waals surface area contributed by atoms with E-state index in [0.29, 0.717) is 0 Å². The van der Waals surface area contributed by atoms with Gasteiger partial charge in [-0.1, -0.05) is 19.8 Å². The molecule has 0 aliphatic rings. The van der Waals surface area contributed by atoms with E-state index >= 15 is 0 Å². The fourth-order valence-electron chi connectivity index (χ4n) is 0.566. The van der Waals surface area contributed by atoms with E-state index in [0.717, 1.165) is 19.3 Å². The van der Waals surface area contributed by atoms with E-state index in [1.165, 1.54) is 0 Å². The Balaban J connectivity index is 3.23. The Labute approximate surface area is 55.3 Å². The number of hydroxylamine groups is 1. The van der Waals surface area contributed by atoms with Crippen molar-refractivity contribution in [2.75, 3.05) is 0 Å². The zero-order valence-corrected chi connectivity index (χ0v) is 5.59. The Kier molecular flexibility index (Phi) is 5.18. The number of unbranched alkanes of at least 4 members (excludes halogenated alkanes) is 1. The molecular weight excluding hydrogens is 116 g/mol. The van der Waals surface area contributed by atoms with Crippen LogP contribution in [0.15, 0.2) is 0 Å². The molecule has 0 radical (unpaired) electrons. The first-order valence-electron chi connectivity index (χ1n) is 3.14. The molecule has 0 aromatic carbocycles. The molecule has 0 heterocycles. The maximum Gasteiger partial charge on any atom is 0.118 e. The van der Waals surface area contributed by atoms with E-state index in [2.05, 4.69) is 0 Å². The molecule has 0 bridgehead atoms. The van der Waals surface area contributed by atoms with Crippen molar-refractivity contribution in [3.8, 4) is 6.07 Å². The summed E-state index contributed by atoms with van der Waals surface area (Å²) in [6, 6.07) is 1.54. The zero-order chi connectivity index (χ0) is 7.11. The molecule has 3 nitrogen and oxygen atoms in total. The van der Waals surface area contributed by atoms with Gasteiger partial charge >= 0.3 is 0 Å². The van der Waals surface area contributed by atoms with Gasteiger partial charge in [0.15, 0.2) is 0 Å². The molecule has 0 aromatic rings. The van der Waals surface area contributed by atoms with E-state index in [4.69, 9.17) is 10.5 Å². The van der Waals surface area contributed by atoms with Crippen LogP contribution in [0, 0.1) is 11.3 Å². The monoisotopic (exact) mass is 128 g/mol. The van der Waals surface area contributed by atoms with Crippen molar-refractivity contribution < 1.29 is 5.21 Å². The highest BCUT2D eigenvalue weighted by Gasteiger charge is 2.01. The van der Waals surface area contributed by atoms with E-state index in [1.54, 1.807) is 0 Å². The second-order valence-corrected chi connectivity index (χ2v) is 1.95. The molecule has 0 aliphatic heterocycles. The third-order valence-corrected chi connectivity index (χ3v) is 1.16. The quantitative estimate of drug-likeness (QED) is 0.556. The van der Waals surface area contributed by atoms with Crippen molar-refractivity contribution in [3.05, 3.63) is 0 Å². The van der Waals surface area contributed by atoms with Crippen molar-refractivity contribution in [1.82, 2.24) is 5.48 Å². The van der Waals surface area contributed by atoms with E-state index in [9.17, 15) is 0 Å². The van der Waals surface area contributed by atoms with Crippen LogP contribution in [0.4, 0.5) is 0 Å². The standard InChI is InChI=1S/C6H12N2O/c1-2-3-4-6(5-7)8-9/h6,8-9H,2-4H2,1H3/t6-/m0/s1. The third-order valence-electron chi connectivity index (χ3n) is 1.16. The topological polar surface area (TPSA) is 56.0 Å². The number of nitrogens with one attached hydrogen (secondary N) is 1. The summed E-state index contributed by atoms with van der Waals surface area (Å²) >= 11 is 0. The molecule has 0 aromatic heterocycles. The highest BCUT2D eigenvalue weighted by molar-refractivity contribution is 4.86. The zero-order valence-electron chi connectivity index (χ0n) is 5.59. The van der Waals surface area contributed by atoms with Crippen LogP contribution >= 0.6 is 0 Å². The first kappa shape index (κ1) is 8.41. The van der Waals surface area contributed by atoms with Gasteiger partial charge < -0.3 is 5.21 Å². The summed E-state index contributed by atoms with van der Waals surface area (Å²) in [7, 11) is 0. The Morgan fingerprint density at radius 1 is 1.78 bits per heavy atom. The molecule has 2 N–H and O–H groups in total. The second kappa shape index (κ2) is 5.54. The van der Waals surface area contributed by atoms with Crippen LogP contribution in [-0.2, 0) is 0 Å². The number of hydrogen-bond donors (Lipinski definition) is 2. The predicted molar refractivity (Wildman–Crippen MR) is 33.8 cm³/mol. The first-order valence-corrected chi connectivity index (χ1v) is 3.14. The lowest BCUT2D eigenvalue weighted by Gasteiger charge is -2.02. The molecule has 0 rings (SSSR count). The fourth-order valence-corrected chi connectivity index (χ4v) is 0.566. The molecule has 52 valence electrons. The number of hydrogen-bond acceptors (Lipinski definition) is 3. The molecule has 0 saturated carbocycles. The molecule has 3 heteroatoms. The average Bonchev–Trinajstić information content (AvgIpc) is 1.91. The summed E-state index contributed by atoms with van der Waals surface area (Å²) < 4.78 is 0. The summed E-state index contributed by atoms with van der Waals surface area (Å²) in [5, 5.41) is 16.6. The summed E-state index contributed by atoms with van der Waals surface area (Å²) in [4.78, 5) is 0. The molecule has 0 fully saturated rings. The van der Waals surface area contributed by atoms with Gasteiger partial charge in [-0.2, -0.15) is 10.7 Å². The van der Waals surface area contributed by atoms with Gasteiger partial charge in [0.25, 0.3) is 0 Å². The lowest BCUT2D eigenvalue weighted by Crippen LogP contribution is -2.23. The van der Waals surface area contributed by atoms with Gasteiger partial charge in [-0.25, -0.2) is 0 Å². The van der Waals surface area contributed by atoms with Crippen molar-refractivity contribution in [3.63, 3.8) is 0 Å². The predicted octanol–water partition coefficient (Wildman–Crippen LogP) is 1.05. The minimum Gasteiger partial charge on any atom is -0.316 e. The van der Waals surface area contributed by atoms with E-state index in [1.807, 2.05) is 18.5 Å². The van der Waals surface area contributed by atoms with Crippen LogP contribution in [-0.4, -0.2) is 11.2 Å². The van der Waals surface area contributed by atoms with Gasteiger partial charge in [0.1, 0.15) is 6.04 Å². The smallest absolute Gasteiger partial charge is 0.118 e. The Morgan fingerprint density at radius 2 is 2.44 bits per heavy atom. The normalized spacial score (nSPS) is 12.6. The Bertz CT molecular complexity index is 97.7. The molecular formula is C6H12N2O. The van der Waals surface area contributed by atoms with Gasteiger partial charge in [0, 0.05) is 0 Å². The molecule has 0 saturated heterocycles. The van der Waals surface area contributed by atoms with Crippen molar-refractivity contribution in [2.24, 2.45) is 0 Å². The summed E-state index contributed by atoms with van der Waals surface area (Å²) in [6.45, 7) is 2.05. The van der Waals surface area contributed by atoms with Crippen LogP contribution in [0.1, 0.15) is 26.2 Å². The second-order valence-electron chi connectivity index (χ2n) is 1.95. The van der Waals surface area contributed by atoms with Crippen LogP contribution < -0.4 is 5.48 Å². The first-order chi connectivity index (χ1) is 4.35. The molecule has 0 aliphatic carbocycles. The Morgan fingerprint density at radius 3 is 2.78 bits per heavy atom. The van der Waals surface area contributed by atoms with Gasteiger partial charge in [-0.05, 0) is 6.42 Å². The number of rotatable bonds is 4. The summed E-state index contributed by atoms with van der Waals surface area (Å²) in [5.74, 6) is 0. The van der Waals surface area contributed by atoms with E-state index in [-0.39, 0.29) is 6.04 Å². The number of nitriles is 1. The van der Waals surface area contributed by atoms with Gasteiger partial charge in [0.2, 0.25) is 0 Å². The van der Waals surface area contributed by atoms with Crippen LogP contribution in [0.3, 0.4) is 0 Å². The third kappa shape index (κ3) is 3.95. The molecule has 1 atom stereocenters. The molecule has 0 unspecified atom stereocenters. The summed E-state index contributed by atoms with van der Waals surface area (Å²) in [6.07, 6.45) is 2.76. The summed E-state index contributed by atoms with van der Waals surface area (Å²) in [5.41, 5.74) is 1.93. The van der Waals surface area contributed by atoms with Gasteiger partial charge in [-0.15, -0.1) is 0 Å². The number of nitrogens with zero attached hydrogens (tertiary/aromatic N) is 1. The van der Waals surface area contributed by atoms with Crippen LogP contribution in [0.2, 0.25) is 0 Å². The average molecular weight is 128 g/mol. The maximum atomic E-state index is 8.28. The maximum absolute atomic E-state index is 8.28. The Hall–Kier alpha value is -0.590.